The van der Waals surface area contributed by atoms with Crippen LogP contribution in [-0.2, 0) is 4.74 Å². The first-order valence-electron chi connectivity index (χ1n) is 6.77. The number of carbonyl (C=O) groups excluding carboxylic acids is 2. The molecule has 0 unspecified atom stereocenters. The molecule has 0 atom stereocenters. The molecule has 5 heteroatoms. The van der Waals surface area contributed by atoms with Crippen LogP contribution in [0.3, 0.4) is 0 Å². The summed E-state index contributed by atoms with van der Waals surface area (Å²) < 4.78 is 15.2. The summed E-state index contributed by atoms with van der Waals surface area (Å²) in [4.78, 5) is 23.7. The van der Waals surface area contributed by atoms with Gasteiger partial charge in [0.2, 0.25) is 0 Å². The third-order valence-electron chi connectivity index (χ3n) is 2.88. The van der Waals surface area contributed by atoms with E-state index in [0.29, 0.717) is 16.9 Å². The van der Waals surface area contributed by atoms with Crippen LogP contribution in [0.5, 0.6) is 11.5 Å². The zero-order valence-corrected chi connectivity index (χ0v) is 12.4. The van der Waals surface area contributed by atoms with Crippen molar-refractivity contribution in [3.63, 3.8) is 0 Å². The van der Waals surface area contributed by atoms with Gasteiger partial charge >= 0.3 is 11.9 Å². The fourth-order valence-electron chi connectivity index (χ4n) is 1.79. The summed E-state index contributed by atoms with van der Waals surface area (Å²) in [5, 5.41) is 0. The molecule has 2 aromatic rings. The molecule has 2 rings (SSSR count). The van der Waals surface area contributed by atoms with E-state index in [9.17, 15) is 9.59 Å². The molecule has 0 aliphatic rings. The monoisotopic (exact) mass is 300 g/mol. The fraction of sp³-hybridized carbons (Fsp3) is 0.176. The molecule has 114 valence electrons. The summed E-state index contributed by atoms with van der Waals surface area (Å²) >= 11 is 0. The summed E-state index contributed by atoms with van der Waals surface area (Å²) in [6, 6.07) is 12.9. The van der Waals surface area contributed by atoms with Crippen LogP contribution in [-0.4, -0.2) is 25.7 Å². The van der Waals surface area contributed by atoms with Gasteiger partial charge in [0, 0.05) is 0 Å². The van der Waals surface area contributed by atoms with E-state index in [0.717, 1.165) is 0 Å². The average molecular weight is 300 g/mol. The molecule has 0 heterocycles. The van der Waals surface area contributed by atoms with Gasteiger partial charge in [0.15, 0.2) is 0 Å². The molecule has 5 nitrogen and oxygen atoms in total. The summed E-state index contributed by atoms with van der Waals surface area (Å²) in [6.45, 7) is 2.01. The third-order valence-corrected chi connectivity index (χ3v) is 2.88. The molecule has 0 aromatic heterocycles. The van der Waals surface area contributed by atoms with Gasteiger partial charge < -0.3 is 14.2 Å². The van der Waals surface area contributed by atoms with Crippen molar-refractivity contribution in [3.05, 3.63) is 59.7 Å². The van der Waals surface area contributed by atoms with Crippen LogP contribution >= 0.6 is 0 Å². The van der Waals surface area contributed by atoms with Crippen LogP contribution in [0, 0.1) is 0 Å². The first-order valence-corrected chi connectivity index (χ1v) is 6.77. The van der Waals surface area contributed by atoms with Gasteiger partial charge in [-0.3, -0.25) is 0 Å². The second kappa shape index (κ2) is 7.26. The molecule has 0 saturated heterocycles. The minimum Gasteiger partial charge on any atom is -0.497 e. The molecule has 22 heavy (non-hydrogen) atoms. The van der Waals surface area contributed by atoms with E-state index in [4.69, 9.17) is 14.2 Å². The van der Waals surface area contributed by atoms with E-state index in [1.165, 1.54) is 6.07 Å². The Bertz CT molecular complexity index is 661. The lowest BCUT2D eigenvalue weighted by molar-refractivity contribution is 0.0524. The van der Waals surface area contributed by atoms with Gasteiger partial charge in [0.1, 0.15) is 11.5 Å². The summed E-state index contributed by atoms with van der Waals surface area (Å²) in [7, 11) is 1.55. The Morgan fingerprint density at radius 2 is 1.64 bits per heavy atom. The van der Waals surface area contributed by atoms with E-state index in [2.05, 4.69) is 0 Å². The average Bonchev–Trinajstić information content (AvgIpc) is 2.55. The molecule has 0 aliphatic carbocycles. The summed E-state index contributed by atoms with van der Waals surface area (Å²) in [5.41, 5.74) is 0.726. The summed E-state index contributed by atoms with van der Waals surface area (Å²) in [5.74, 6) is -0.0271. The zero-order chi connectivity index (χ0) is 15.9. The van der Waals surface area contributed by atoms with Crippen molar-refractivity contribution in [1.82, 2.24) is 0 Å². The van der Waals surface area contributed by atoms with E-state index in [-0.39, 0.29) is 12.4 Å². The van der Waals surface area contributed by atoms with Crippen molar-refractivity contribution < 1.29 is 23.8 Å². The molecule has 0 spiro atoms. The van der Waals surface area contributed by atoms with Gasteiger partial charge in [-0.15, -0.1) is 0 Å². The maximum absolute atomic E-state index is 12.0. The lowest BCUT2D eigenvalue weighted by atomic mass is 10.2. The second-order valence-corrected chi connectivity index (χ2v) is 4.37. The van der Waals surface area contributed by atoms with Crippen LogP contribution in [0.2, 0.25) is 0 Å². The number of carbonyl (C=O) groups is 2. The molecule has 2 aromatic carbocycles. The van der Waals surface area contributed by atoms with Crippen LogP contribution in [0.1, 0.15) is 27.6 Å². The largest absolute Gasteiger partial charge is 0.497 e. The molecule has 0 N–H and O–H groups in total. The Morgan fingerprint density at radius 1 is 0.909 bits per heavy atom. The Hall–Kier alpha value is -2.82. The van der Waals surface area contributed by atoms with Crippen LogP contribution in [0.4, 0.5) is 0 Å². The molecule has 0 amide bonds. The van der Waals surface area contributed by atoms with Crippen molar-refractivity contribution in [2.45, 2.75) is 6.92 Å². The first-order chi connectivity index (χ1) is 10.6. The van der Waals surface area contributed by atoms with Crippen molar-refractivity contribution >= 4 is 11.9 Å². The maximum atomic E-state index is 12.0. The van der Waals surface area contributed by atoms with Crippen molar-refractivity contribution in [1.29, 1.82) is 0 Å². The molecule has 0 bridgehead atoms. The van der Waals surface area contributed by atoms with Gasteiger partial charge in [0.05, 0.1) is 24.8 Å². The molecule has 0 fully saturated rings. The molecule has 0 aliphatic heterocycles. The van der Waals surface area contributed by atoms with Crippen molar-refractivity contribution in [2.75, 3.05) is 13.7 Å². The Kier molecular flexibility index (Phi) is 5.14. The van der Waals surface area contributed by atoms with Gasteiger partial charge in [-0.25, -0.2) is 9.59 Å². The van der Waals surface area contributed by atoms with Crippen molar-refractivity contribution in [3.8, 4) is 11.5 Å². The molecule has 0 saturated carbocycles. The minimum absolute atomic E-state index is 0.284. The molecule has 0 radical (unpaired) electrons. The second-order valence-electron chi connectivity index (χ2n) is 4.37. The van der Waals surface area contributed by atoms with Gasteiger partial charge in [-0.05, 0) is 49.4 Å². The third kappa shape index (κ3) is 3.85. The first kappa shape index (κ1) is 15.6. The lowest BCUT2D eigenvalue weighted by Gasteiger charge is -2.07. The number of hydrogen-bond acceptors (Lipinski definition) is 5. The topological polar surface area (TPSA) is 61.8 Å². The van der Waals surface area contributed by atoms with Crippen LogP contribution in [0.25, 0.3) is 0 Å². The minimum atomic E-state index is -0.510. The van der Waals surface area contributed by atoms with Crippen molar-refractivity contribution in [2.24, 2.45) is 0 Å². The van der Waals surface area contributed by atoms with Gasteiger partial charge in [-0.1, -0.05) is 6.07 Å². The Labute approximate surface area is 128 Å². The standard InChI is InChI=1S/C17H16O5/c1-3-21-16(18)13-5-4-6-15(11-13)22-17(19)12-7-9-14(20-2)10-8-12/h4-11H,3H2,1-2H3. The fourth-order valence-corrected chi connectivity index (χ4v) is 1.79. The number of esters is 2. The maximum Gasteiger partial charge on any atom is 0.343 e. The predicted octanol–water partition coefficient (Wildman–Crippen LogP) is 3.09. The highest BCUT2D eigenvalue weighted by atomic mass is 16.5. The number of ether oxygens (including phenoxy) is 3. The number of benzene rings is 2. The van der Waals surface area contributed by atoms with E-state index in [1.807, 2.05) is 0 Å². The van der Waals surface area contributed by atoms with Crippen LogP contribution < -0.4 is 9.47 Å². The van der Waals surface area contributed by atoms with Gasteiger partial charge in [0.25, 0.3) is 0 Å². The highest BCUT2D eigenvalue weighted by Gasteiger charge is 2.11. The number of methoxy groups -OCH3 is 1. The Morgan fingerprint density at radius 3 is 2.27 bits per heavy atom. The van der Waals surface area contributed by atoms with Gasteiger partial charge in [-0.2, -0.15) is 0 Å². The van der Waals surface area contributed by atoms with E-state index in [1.54, 1.807) is 56.5 Å². The molecular formula is C17H16O5. The summed E-state index contributed by atoms with van der Waals surface area (Å²) in [6.07, 6.45) is 0. The smallest absolute Gasteiger partial charge is 0.343 e. The highest BCUT2D eigenvalue weighted by Crippen LogP contribution is 2.17. The quantitative estimate of drug-likeness (QED) is 0.627. The molecular weight excluding hydrogens is 284 g/mol. The predicted molar refractivity (Wildman–Crippen MR) is 80.4 cm³/mol. The highest BCUT2D eigenvalue weighted by molar-refractivity contribution is 5.92. The number of hydrogen-bond donors (Lipinski definition) is 0. The Balaban J connectivity index is 2.10. The van der Waals surface area contributed by atoms with E-state index < -0.39 is 11.9 Å². The normalized spacial score (nSPS) is 9.91. The van der Waals surface area contributed by atoms with E-state index >= 15 is 0 Å². The SMILES string of the molecule is CCOC(=O)c1cccc(OC(=O)c2ccc(OC)cc2)c1. The lowest BCUT2D eigenvalue weighted by Crippen LogP contribution is -2.09. The zero-order valence-electron chi connectivity index (χ0n) is 12.4. The van der Waals surface area contributed by atoms with Crippen LogP contribution in [0.15, 0.2) is 48.5 Å². The number of rotatable bonds is 5.